The van der Waals surface area contributed by atoms with Gasteiger partial charge in [-0.15, -0.1) is 0 Å². The zero-order valence-electron chi connectivity index (χ0n) is 10.1. The summed E-state index contributed by atoms with van der Waals surface area (Å²) in [5, 5.41) is 0. The van der Waals surface area contributed by atoms with E-state index in [1.807, 2.05) is 32.0 Å². The van der Waals surface area contributed by atoms with Gasteiger partial charge >= 0.3 is 0 Å². The maximum atomic E-state index is 11.9. The van der Waals surface area contributed by atoms with Gasteiger partial charge in [-0.3, -0.25) is 9.59 Å². The van der Waals surface area contributed by atoms with Crippen molar-refractivity contribution in [2.45, 2.75) is 20.3 Å². The smallest absolute Gasteiger partial charge is 0.227 e. The van der Waals surface area contributed by atoms with E-state index in [1.54, 1.807) is 4.90 Å². The number of benzene rings is 1. The number of hydrogen-bond acceptors (Lipinski definition) is 2. The van der Waals surface area contributed by atoms with Gasteiger partial charge in [0.15, 0.2) is 0 Å². The lowest BCUT2D eigenvalue weighted by Gasteiger charge is -2.19. The number of carbonyl (C=O) groups excluding carboxylic acids is 2. The van der Waals surface area contributed by atoms with Gasteiger partial charge < -0.3 is 10.6 Å². The minimum atomic E-state index is -0.397. The Labute approximate surface area is 100 Å². The van der Waals surface area contributed by atoms with Gasteiger partial charge in [-0.2, -0.15) is 0 Å². The van der Waals surface area contributed by atoms with Gasteiger partial charge in [0.05, 0.1) is 5.92 Å². The van der Waals surface area contributed by atoms with E-state index in [4.69, 9.17) is 5.73 Å². The second-order valence-electron chi connectivity index (χ2n) is 4.53. The summed E-state index contributed by atoms with van der Waals surface area (Å²) in [4.78, 5) is 24.7. The number of carbonyl (C=O) groups is 2. The van der Waals surface area contributed by atoms with E-state index in [0.29, 0.717) is 6.54 Å². The van der Waals surface area contributed by atoms with Gasteiger partial charge in [-0.05, 0) is 31.0 Å². The largest absolute Gasteiger partial charge is 0.369 e. The number of nitrogens with two attached hydrogens (primary N) is 1. The molecule has 0 radical (unpaired) electrons. The number of anilines is 1. The van der Waals surface area contributed by atoms with Crippen LogP contribution in [0.3, 0.4) is 0 Å². The summed E-state index contributed by atoms with van der Waals surface area (Å²) >= 11 is 0. The summed E-state index contributed by atoms with van der Waals surface area (Å²) in [7, 11) is 0. The average molecular weight is 232 g/mol. The van der Waals surface area contributed by atoms with Crippen LogP contribution in [0.4, 0.5) is 5.69 Å². The van der Waals surface area contributed by atoms with E-state index < -0.39 is 5.91 Å². The Kier molecular flexibility index (Phi) is 2.88. The van der Waals surface area contributed by atoms with Crippen molar-refractivity contribution < 1.29 is 9.59 Å². The second-order valence-corrected chi connectivity index (χ2v) is 4.53. The van der Waals surface area contributed by atoms with E-state index in [9.17, 15) is 9.59 Å². The number of aryl methyl sites for hydroxylation is 1. The molecule has 4 heteroatoms. The van der Waals surface area contributed by atoms with Crippen molar-refractivity contribution in [3.63, 3.8) is 0 Å². The minimum absolute atomic E-state index is 0.0255. The highest BCUT2D eigenvalue weighted by atomic mass is 16.2. The zero-order chi connectivity index (χ0) is 12.6. The Morgan fingerprint density at radius 2 is 2.12 bits per heavy atom. The molecule has 4 nitrogen and oxygen atoms in total. The third kappa shape index (κ3) is 2.02. The molecule has 1 aliphatic heterocycles. The second kappa shape index (κ2) is 4.20. The van der Waals surface area contributed by atoms with Crippen LogP contribution >= 0.6 is 0 Å². The van der Waals surface area contributed by atoms with Crippen molar-refractivity contribution >= 4 is 17.5 Å². The molecule has 1 saturated heterocycles. The number of hydrogen-bond donors (Lipinski definition) is 1. The summed E-state index contributed by atoms with van der Waals surface area (Å²) in [5.41, 5.74) is 8.35. The summed E-state index contributed by atoms with van der Waals surface area (Å²) in [6, 6.07) is 5.83. The molecule has 1 atom stereocenters. The van der Waals surface area contributed by atoms with Crippen LogP contribution in [0.25, 0.3) is 0 Å². The molecule has 2 amide bonds. The Morgan fingerprint density at radius 1 is 1.41 bits per heavy atom. The van der Waals surface area contributed by atoms with Gasteiger partial charge in [0, 0.05) is 18.7 Å². The SMILES string of the molecule is Cc1cccc(N2C[C@H](C(N)=O)CC2=O)c1C. The topological polar surface area (TPSA) is 63.4 Å². The van der Waals surface area contributed by atoms with Crippen LogP contribution in [0, 0.1) is 19.8 Å². The molecule has 2 rings (SSSR count). The number of primary amides is 1. The Bertz CT molecular complexity index is 482. The fourth-order valence-corrected chi connectivity index (χ4v) is 2.16. The van der Waals surface area contributed by atoms with Gasteiger partial charge in [-0.25, -0.2) is 0 Å². The summed E-state index contributed by atoms with van der Waals surface area (Å²) in [6.45, 7) is 4.39. The molecule has 17 heavy (non-hydrogen) atoms. The molecule has 1 fully saturated rings. The normalized spacial score (nSPS) is 19.8. The van der Waals surface area contributed by atoms with E-state index in [1.165, 1.54) is 0 Å². The summed E-state index contributed by atoms with van der Waals surface area (Å²) < 4.78 is 0. The van der Waals surface area contributed by atoms with Crippen LogP contribution in [0.15, 0.2) is 18.2 Å². The first-order valence-electron chi connectivity index (χ1n) is 5.66. The predicted octanol–water partition coefficient (Wildman–Crippen LogP) is 1.14. The summed E-state index contributed by atoms with van der Waals surface area (Å²) in [6.07, 6.45) is 0.225. The molecule has 0 aliphatic carbocycles. The molecule has 90 valence electrons. The van der Waals surface area contributed by atoms with E-state index in [0.717, 1.165) is 16.8 Å². The highest BCUT2D eigenvalue weighted by Crippen LogP contribution is 2.29. The third-order valence-corrected chi connectivity index (χ3v) is 3.39. The van der Waals surface area contributed by atoms with Crippen LogP contribution in [0.5, 0.6) is 0 Å². The number of amides is 2. The molecule has 0 unspecified atom stereocenters. The summed E-state index contributed by atoms with van der Waals surface area (Å²) in [5.74, 6) is -0.781. The highest BCUT2D eigenvalue weighted by Gasteiger charge is 2.34. The molecule has 1 aromatic carbocycles. The maximum Gasteiger partial charge on any atom is 0.227 e. The lowest BCUT2D eigenvalue weighted by atomic mass is 10.1. The molecule has 0 aromatic heterocycles. The lowest BCUT2D eigenvalue weighted by Crippen LogP contribution is -2.28. The molecular formula is C13H16N2O2. The average Bonchev–Trinajstić information content (AvgIpc) is 2.65. The van der Waals surface area contributed by atoms with Crippen molar-refractivity contribution in [1.29, 1.82) is 0 Å². The molecule has 1 heterocycles. The van der Waals surface area contributed by atoms with Crippen LogP contribution in [-0.4, -0.2) is 18.4 Å². The van der Waals surface area contributed by atoms with E-state index >= 15 is 0 Å². The van der Waals surface area contributed by atoms with Crippen LogP contribution in [-0.2, 0) is 9.59 Å². The number of nitrogens with zero attached hydrogens (tertiary/aromatic N) is 1. The molecular weight excluding hydrogens is 216 g/mol. The Balaban J connectivity index is 2.32. The van der Waals surface area contributed by atoms with Crippen molar-refractivity contribution in [3.05, 3.63) is 29.3 Å². The first-order valence-corrected chi connectivity index (χ1v) is 5.66. The van der Waals surface area contributed by atoms with Gasteiger partial charge in [0.25, 0.3) is 0 Å². The van der Waals surface area contributed by atoms with Crippen LogP contribution in [0.2, 0.25) is 0 Å². The van der Waals surface area contributed by atoms with E-state index in [-0.39, 0.29) is 18.2 Å². The first-order chi connectivity index (χ1) is 8.00. The zero-order valence-corrected chi connectivity index (χ0v) is 10.1. The third-order valence-electron chi connectivity index (χ3n) is 3.39. The van der Waals surface area contributed by atoms with Crippen molar-refractivity contribution in [2.24, 2.45) is 11.7 Å². The standard InChI is InChI=1S/C13H16N2O2/c1-8-4-3-5-11(9(8)2)15-7-10(13(14)17)6-12(15)16/h3-5,10H,6-7H2,1-2H3,(H2,14,17)/t10-/m1/s1. The highest BCUT2D eigenvalue weighted by molar-refractivity contribution is 6.00. The van der Waals surface area contributed by atoms with E-state index in [2.05, 4.69) is 0 Å². The lowest BCUT2D eigenvalue weighted by molar-refractivity contribution is -0.123. The predicted molar refractivity (Wildman–Crippen MR) is 65.6 cm³/mol. The van der Waals surface area contributed by atoms with Crippen molar-refractivity contribution in [2.75, 3.05) is 11.4 Å². The van der Waals surface area contributed by atoms with Crippen LogP contribution in [0.1, 0.15) is 17.5 Å². The Morgan fingerprint density at radius 3 is 2.71 bits per heavy atom. The van der Waals surface area contributed by atoms with Crippen molar-refractivity contribution in [3.8, 4) is 0 Å². The molecule has 0 spiro atoms. The molecule has 2 N–H and O–H groups in total. The molecule has 0 bridgehead atoms. The maximum absolute atomic E-state index is 11.9. The first kappa shape index (κ1) is 11.6. The van der Waals surface area contributed by atoms with Crippen molar-refractivity contribution in [1.82, 2.24) is 0 Å². The molecule has 1 aliphatic rings. The molecule has 1 aromatic rings. The minimum Gasteiger partial charge on any atom is -0.369 e. The van der Waals surface area contributed by atoms with Gasteiger partial charge in [0.2, 0.25) is 11.8 Å². The van der Waals surface area contributed by atoms with Gasteiger partial charge in [0.1, 0.15) is 0 Å². The fraction of sp³-hybridized carbons (Fsp3) is 0.385. The number of rotatable bonds is 2. The monoisotopic (exact) mass is 232 g/mol. The molecule has 0 saturated carbocycles. The fourth-order valence-electron chi connectivity index (χ4n) is 2.16. The Hall–Kier alpha value is -1.84. The van der Waals surface area contributed by atoms with Crippen LogP contribution < -0.4 is 10.6 Å². The van der Waals surface area contributed by atoms with Gasteiger partial charge in [-0.1, -0.05) is 12.1 Å². The quantitative estimate of drug-likeness (QED) is 0.831.